The summed E-state index contributed by atoms with van der Waals surface area (Å²) in [5.74, 6) is -1.25. The first-order chi connectivity index (χ1) is 12.3. The van der Waals surface area contributed by atoms with Crippen LogP contribution < -0.4 is 5.32 Å². The Balaban J connectivity index is 1.68. The number of hydrogen-bond acceptors (Lipinski definition) is 4. The van der Waals surface area contributed by atoms with E-state index in [1.807, 2.05) is 0 Å². The van der Waals surface area contributed by atoms with Crippen LogP contribution in [0.3, 0.4) is 0 Å². The molecule has 134 valence electrons. The summed E-state index contributed by atoms with van der Waals surface area (Å²) < 4.78 is 5.79. The lowest BCUT2D eigenvalue weighted by Gasteiger charge is -2.08. The fourth-order valence-corrected chi connectivity index (χ4v) is 4.16. The second-order valence-electron chi connectivity index (χ2n) is 5.13. The van der Waals surface area contributed by atoms with Crippen LogP contribution in [0.25, 0.3) is 10.1 Å². The molecule has 3 aromatic rings. The Hall–Kier alpha value is -1.50. The highest BCUT2D eigenvalue weighted by Crippen LogP contribution is 2.37. The van der Waals surface area contributed by atoms with Gasteiger partial charge in [-0.05, 0) is 30.3 Å². The quantitative estimate of drug-likeness (QED) is 0.475. The first kappa shape index (κ1) is 19.3. The highest BCUT2D eigenvalue weighted by molar-refractivity contribution is 7.21. The second kappa shape index (κ2) is 8.03. The molecule has 9 heteroatoms. The summed E-state index contributed by atoms with van der Waals surface area (Å²) >= 11 is 25.1. The smallest absolute Gasteiger partial charge is 0.350 e. The van der Waals surface area contributed by atoms with Crippen LogP contribution in [0.5, 0.6) is 0 Å². The maximum absolute atomic E-state index is 12.2. The predicted octanol–water partition coefficient (Wildman–Crippen LogP) is 6.31. The molecule has 1 heterocycles. The number of anilines is 1. The van der Waals surface area contributed by atoms with Crippen LogP contribution in [-0.4, -0.2) is 18.5 Å². The Morgan fingerprint density at radius 3 is 2.46 bits per heavy atom. The molecular weight excluding hydrogens is 440 g/mol. The molecule has 0 aliphatic carbocycles. The molecule has 1 amide bonds. The fourth-order valence-electron chi connectivity index (χ4n) is 2.15. The lowest BCUT2D eigenvalue weighted by Crippen LogP contribution is -2.20. The molecule has 0 unspecified atom stereocenters. The normalized spacial score (nSPS) is 10.8. The number of ether oxygens (including phenoxy) is 1. The number of nitrogens with one attached hydrogen (secondary N) is 1. The van der Waals surface area contributed by atoms with Crippen molar-refractivity contribution >= 4 is 85.4 Å². The third kappa shape index (κ3) is 4.24. The van der Waals surface area contributed by atoms with E-state index < -0.39 is 18.5 Å². The maximum Gasteiger partial charge on any atom is 0.350 e. The van der Waals surface area contributed by atoms with Gasteiger partial charge in [-0.1, -0.05) is 52.5 Å². The molecule has 1 N–H and O–H groups in total. The molecule has 0 spiro atoms. The molecule has 26 heavy (non-hydrogen) atoms. The van der Waals surface area contributed by atoms with Crippen molar-refractivity contribution in [3.63, 3.8) is 0 Å². The molecule has 0 aliphatic rings. The van der Waals surface area contributed by atoms with Crippen molar-refractivity contribution in [1.82, 2.24) is 0 Å². The Morgan fingerprint density at radius 1 is 1.00 bits per heavy atom. The summed E-state index contributed by atoms with van der Waals surface area (Å²) in [6.07, 6.45) is 0. The Kier molecular flexibility index (Phi) is 5.95. The molecule has 0 atom stereocenters. The number of amides is 1. The first-order valence-electron chi connectivity index (χ1n) is 7.14. The average molecular weight is 449 g/mol. The van der Waals surface area contributed by atoms with Crippen molar-refractivity contribution in [3.05, 3.63) is 61.4 Å². The summed E-state index contributed by atoms with van der Waals surface area (Å²) in [7, 11) is 0. The van der Waals surface area contributed by atoms with E-state index in [1.165, 1.54) is 6.07 Å². The van der Waals surface area contributed by atoms with E-state index in [4.69, 9.17) is 51.1 Å². The maximum atomic E-state index is 12.2. The van der Waals surface area contributed by atoms with Gasteiger partial charge in [0.05, 0.1) is 15.7 Å². The second-order valence-corrected chi connectivity index (χ2v) is 7.84. The number of hydrogen-bond donors (Lipinski definition) is 1. The summed E-state index contributed by atoms with van der Waals surface area (Å²) in [6, 6.07) is 9.75. The summed E-state index contributed by atoms with van der Waals surface area (Å²) in [5, 5.41) is 4.76. The van der Waals surface area contributed by atoms with Gasteiger partial charge in [0.1, 0.15) is 4.88 Å². The highest BCUT2D eigenvalue weighted by Gasteiger charge is 2.20. The van der Waals surface area contributed by atoms with Gasteiger partial charge in [-0.15, -0.1) is 11.3 Å². The van der Waals surface area contributed by atoms with Crippen molar-refractivity contribution in [2.75, 3.05) is 11.9 Å². The highest BCUT2D eigenvalue weighted by atomic mass is 35.5. The number of carbonyl (C=O) groups excluding carboxylic acids is 2. The lowest BCUT2D eigenvalue weighted by atomic mass is 10.2. The van der Waals surface area contributed by atoms with Gasteiger partial charge in [0.25, 0.3) is 5.91 Å². The van der Waals surface area contributed by atoms with Gasteiger partial charge in [-0.2, -0.15) is 0 Å². The number of carbonyl (C=O) groups is 2. The van der Waals surface area contributed by atoms with Crippen LogP contribution in [-0.2, 0) is 9.53 Å². The number of benzene rings is 2. The van der Waals surface area contributed by atoms with Crippen LogP contribution in [0.2, 0.25) is 20.1 Å². The molecule has 2 aromatic carbocycles. The van der Waals surface area contributed by atoms with Crippen LogP contribution in [0, 0.1) is 0 Å². The predicted molar refractivity (Wildman–Crippen MR) is 107 cm³/mol. The molecule has 1 aromatic heterocycles. The summed E-state index contributed by atoms with van der Waals surface area (Å²) in [4.78, 5) is 24.4. The van der Waals surface area contributed by atoms with Crippen molar-refractivity contribution in [2.24, 2.45) is 0 Å². The molecular formula is C17H9Cl4NO3S. The summed E-state index contributed by atoms with van der Waals surface area (Å²) in [5.41, 5.74) is 0.328. The molecule has 0 aliphatic heterocycles. The van der Waals surface area contributed by atoms with E-state index in [1.54, 1.807) is 30.3 Å². The molecule has 4 nitrogen and oxygen atoms in total. The largest absolute Gasteiger partial charge is 0.451 e. The topological polar surface area (TPSA) is 55.4 Å². The van der Waals surface area contributed by atoms with Crippen molar-refractivity contribution < 1.29 is 14.3 Å². The molecule has 0 saturated carbocycles. The van der Waals surface area contributed by atoms with Gasteiger partial charge >= 0.3 is 5.97 Å². The van der Waals surface area contributed by atoms with Gasteiger partial charge < -0.3 is 10.1 Å². The zero-order valence-electron chi connectivity index (χ0n) is 12.8. The lowest BCUT2D eigenvalue weighted by molar-refractivity contribution is -0.119. The third-order valence-electron chi connectivity index (χ3n) is 3.31. The number of thiophene rings is 1. The van der Waals surface area contributed by atoms with Crippen LogP contribution in [0.4, 0.5) is 5.69 Å². The Bertz CT molecular complexity index is 1020. The summed E-state index contributed by atoms with van der Waals surface area (Å²) in [6.45, 7) is -0.493. The molecule has 3 rings (SSSR count). The van der Waals surface area contributed by atoms with E-state index in [2.05, 4.69) is 5.32 Å². The number of fused-ring (bicyclic) bond motifs is 1. The fraction of sp³-hybridized carbons (Fsp3) is 0.0588. The SMILES string of the molecule is O=C(COC(=O)c1sc2cc(Cl)ccc2c1Cl)Nc1cc(Cl)ccc1Cl. The van der Waals surface area contributed by atoms with E-state index >= 15 is 0 Å². The monoisotopic (exact) mass is 447 g/mol. The zero-order chi connectivity index (χ0) is 18.8. The Labute approximate surface area is 172 Å². The van der Waals surface area contributed by atoms with Crippen LogP contribution in [0.1, 0.15) is 9.67 Å². The zero-order valence-corrected chi connectivity index (χ0v) is 16.7. The van der Waals surface area contributed by atoms with E-state index in [9.17, 15) is 9.59 Å². The van der Waals surface area contributed by atoms with E-state index in [-0.39, 0.29) is 9.90 Å². The van der Waals surface area contributed by atoms with Gasteiger partial charge in [-0.25, -0.2) is 4.79 Å². The van der Waals surface area contributed by atoms with Crippen molar-refractivity contribution in [2.45, 2.75) is 0 Å². The molecule has 0 bridgehead atoms. The minimum absolute atomic E-state index is 0.206. The van der Waals surface area contributed by atoms with Gasteiger partial charge in [0, 0.05) is 20.1 Å². The first-order valence-corrected chi connectivity index (χ1v) is 9.47. The average Bonchev–Trinajstić information content (AvgIpc) is 2.92. The van der Waals surface area contributed by atoms with Gasteiger partial charge in [-0.3, -0.25) is 4.79 Å². The third-order valence-corrected chi connectivity index (χ3v) is 5.75. The minimum atomic E-state index is -0.695. The van der Waals surface area contributed by atoms with Crippen molar-refractivity contribution in [3.8, 4) is 0 Å². The van der Waals surface area contributed by atoms with Gasteiger partial charge in [0.2, 0.25) is 0 Å². The van der Waals surface area contributed by atoms with E-state index in [0.717, 1.165) is 16.0 Å². The molecule has 0 saturated heterocycles. The van der Waals surface area contributed by atoms with Crippen LogP contribution >= 0.6 is 57.7 Å². The number of rotatable bonds is 4. The van der Waals surface area contributed by atoms with E-state index in [0.29, 0.717) is 26.1 Å². The molecule has 0 radical (unpaired) electrons. The Morgan fingerprint density at radius 2 is 1.69 bits per heavy atom. The number of esters is 1. The van der Waals surface area contributed by atoms with Gasteiger partial charge in [0.15, 0.2) is 6.61 Å². The van der Waals surface area contributed by atoms with Crippen molar-refractivity contribution in [1.29, 1.82) is 0 Å². The minimum Gasteiger partial charge on any atom is -0.451 e. The molecule has 0 fully saturated rings. The van der Waals surface area contributed by atoms with Crippen LogP contribution in [0.15, 0.2) is 36.4 Å². The standard InChI is InChI=1S/C17H9Cl4NO3S/c18-8-2-4-11(20)12(5-8)22-14(23)7-25-17(24)16-15(21)10-3-1-9(19)6-13(10)26-16/h1-6H,7H2,(H,22,23). The number of halogens is 4.